The van der Waals surface area contributed by atoms with E-state index in [0.29, 0.717) is 4.47 Å². The third-order valence-corrected chi connectivity index (χ3v) is 3.06. The fraction of sp³-hybridized carbons (Fsp3) is 0. The average Bonchev–Trinajstić information content (AvgIpc) is 2.37. The Hall–Kier alpha value is -2.15. The van der Waals surface area contributed by atoms with Gasteiger partial charge in [-0.05, 0) is 24.3 Å². The molecule has 0 aliphatic carbocycles. The molecule has 0 aliphatic rings. The summed E-state index contributed by atoms with van der Waals surface area (Å²) in [7, 11) is 0. The lowest BCUT2D eigenvalue weighted by atomic mass is 10.1. The van der Waals surface area contributed by atoms with Crippen LogP contribution >= 0.6 is 15.9 Å². The number of benzene rings is 2. The predicted octanol–water partition coefficient (Wildman–Crippen LogP) is 3.75. The van der Waals surface area contributed by atoms with Gasteiger partial charge in [-0.1, -0.05) is 15.9 Å². The quantitative estimate of drug-likeness (QED) is 0.742. The van der Waals surface area contributed by atoms with E-state index in [4.69, 9.17) is 10.8 Å². The van der Waals surface area contributed by atoms with Gasteiger partial charge in [-0.15, -0.1) is 0 Å². The fourth-order valence-electron chi connectivity index (χ4n) is 1.60. The van der Waals surface area contributed by atoms with Crippen LogP contribution in [0.5, 0.6) is 0 Å². The summed E-state index contributed by atoms with van der Waals surface area (Å²) in [6, 6.07) is 6.09. The Morgan fingerprint density at radius 1 is 1.15 bits per heavy atom. The van der Waals surface area contributed by atoms with Crippen LogP contribution in [0.2, 0.25) is 0 Å². The van der Waals surface area contributed by atoms with Crippen LogP contribution in [-0.2, 0) is 0 Å². The molecule has 0 fully saturated rings. The summed E-state index contributed by atoms with van der Waals surface area (Å²) in [4.78, 5) is 10.8. The molecule has 0 spiro atoms. The molecule has 0 radical (unpaired) electrons. The molecular formula is C13H9BrF2N2O2. The summed E-state index contributed by atoms with van der Waals surface area (Å²) >= 11 is 3.18. The summed E-state index contributed by atoms with van der Waals surface area (Å²) in [6.07, 6.45) is 0. The van der Waals surface area contributed by atoms with E-state index in [1.54, 1.807) is 0 Å². The highest BCUT2D eigenvalue weighted by Gasteiger charge is 2.14. The van der Waals surface area contributed by atoms with Gasteiger partial charge in [-0.2, -0.15) is 0 Å². The van der Waals surface area contributed by atoms with Crippen molar-refractivity contribution >= 4 is 39.0 Å². The molecule has 0 aromatic heterocycles. The fourth-order valence-corrected chi connectivity index (χ4v) is 1.96. The number of aromatic carboxylic acids is 1. The predicted molar refractivity (Wildman–Crippen MR) is 75.2 cm³/mol. The molecule has 7 heteroatoms. The Morgan fingerprint density at radius 2 is 1.85 bits per heavy atom. The molecule has 0 bridgehead atoms. The van der Waals surface area contributed by atoms with Gasteiger partial charge in [0.15, 0.2) is 0 Å². The Labute approximate surface area is 121 Å². The Morgan fingerprint density at radius 3 is 2.50 bits per heavy atom. The van der Waals surface area contributed by atoms with Gasteiger partial charge in [0, 0.05) is 10.5 Å². The van der Waals surface area contributed by atoms with Crippen molar-refractivity contribution in [1.29, 1.82) is 0 Å². The highest BCUT2D eigenvalue weighted by molar-refractivity contribution is 9.10. The largest absolute Gasteiger partial charge is 0.478 e. The molecule has 2 rings (SSSR count). The molecule has 0 saturated carbocycles. The van der Waals surface area contributed by atoms with E-state index in [-0.39, 0.29) is 17.1 Å². The normalized spacial score (nSPS) is 10.3. The van der Waals surface area contributed by atoms with Gasteiger partial charge in [0.2, 0.25) is 0 Å². The lowest BCUT2D eigenvalue weighted by Gasteiger charge is -2.12. The maximum atomic E-state index is 13.6. The second kappa shape index (κ2) is 5.46. The number of nitrogens with one attached hydrogen (secondary N) is 1. The number of halogens is 3. The van der Waals surface area contributed by atoms with Crippen LogP contribution in [0.25, 0.3) is 0 Å². The van der Waals surface area contributed by atoms with Crippen molar-refractivity contribution in [2.45, 2.75) is 0 Å². The topological polar surface area (TPSA) is 75.4 Å². The van der Waals surface area contributed by atoms with Crippen molar-refractivity contribution in [2.24, 2.45) is 0 Å². The number of nitrogen functional groups attached to an aromatic ring is 1. The highest BCUT2D eigenvalue weighted by Crippen LogP contribution is 2.29. The zero-order valence-corrected chi connectivity index (χ0v) is 11.5. The summed E-state index contributed by atoms with van der Waals surface area (Å²) < 4.78 is 27.8. The van der Waals surface area contributed by atoms with E-state index in [1.807, 2.05) is 0 Å². The number of nitrogens with two attached hydrogens (primary N) is 1. The lowest BCUT2D eigenvalue weighted by Crippen LogP contribution is -2.05. The van der Waals surface area contributed by atoms with E-state index < -0.39 is 23.2 Å². The number of hydrogen-bond acceptors (Lipinski definition) is 3. The van der Waals surface area contributed by atoms with Gasteiger partial charge in [0.05, 0.1) is 22.6 Å². The minimum atomic E-state index is -1.42. The molecule has 4 nitrogen and oxygen atoms in total. The Bertz CT molecular complexity index is 692. The monoisotopic (exact) mass is 342 g/mol. The smallest absolute Gasteiger partial charge is 0.338 e. The third kappa shape index (κ3) is 2.88. The molecule has 2 aromatic rings. The molecule has 0 unspecified atom stereocenters. The van der Waals surface area contributed by atoms with Crippen LogP contribution in [0.1, 0.15) is 10.4 Å². The number of carboxylic acid groups (broad SMARTS) is 1. The molecule has 0 atom stereocenters. The first kappa shape index (κ1) is 14.3. The van der Waals surface area contributed by atoms with Crippen molar-refractivity contribution < 1.29 is 18.7 Å². The van der Waals surface area contributed by atoms with Crippen LogP contribution in [-0.4, -0.2) is 11.1 Å². The van der Waals surface area contributed by atoms with Gasteiger partial charge in [0.25, 0.3) is 0 Å². The maximum absolute atomic E-state index is 13.6. The van der Waals surface area contributed by atoms with Gasteiger partial charge >= 0.3 is 5.97 Å². The molecule has 4 N–H and O–H groups in total. The number of carboxylic acids is 1. The minimum Gasteiger partial charge on any atom is -0.478 e. The van der Waals surface area contributed by atoms with E-state index in [1.165, 1.54) is 18.2 Å². The Balaban J connectivity index is 2.42. The van der Waals surface area contributed by atoms with E-state index >= 15 is 0 Å². The zero-order valence-electron chi connectivity index (χ0n) is 9.95. The first-order valence-electron chi connectivity index (χ1n) is 5.43. The summed E-state index contributed by atoms with van der Waals surface area (Å²) in [5.41, 5.74) is 5.28. The van der Waals surface area contributed by atoms with Crippen LogP contribution in [0.15, 0.2) is 34.8 Å². The molecule has 0 amide bonds. The van der Waals surface area contributed by atoms with Crippen molar-refractivity contribution in [2.75, 3.05) is 11.1 Å². The van der Waals surface area contributed by atoms with Crippen molar-refractivity contribution in [3.63, 3.8) is 0 Å². The van der Waals surface area contributed by atoms with Crippen LogP contribution in [0, 0.1) is 11.6 Å². The second-order valence-corrected chi connectivity index (χ2v) is 4.89. The SMILES string of the molecule is Nc1cc(C(=O)O)c(F)cc1Nc1cc(Br)ccc1F. The van der Waals surface area contributed by atoms with Crippen molar-refractivity contribution in [3.8, 4) is 0 Å². The van der Waals surface area contributed by atoms with E-state index in [2.05, 4.69) is 21.2 Å². The Kier molecular flexibility index (Phi) is 3.89. The highest BCUT2D eigenvalue weighted by atomic mass is 79.9. The average molecular weight is 343 g/mol. The summed E-state index contributed by atoms with van der Waals surface area (Å²) in [5, 5.41) is 11.4. The minimum absolute atomic E-state index is 0.00294. The van der Waals surface area contributed by atoms with E-state index in [0.717, 1.165) is 12.1 Å². The van der Waals surface area contributed by atoms with Crippen LogP contribution in [0.3, 0.4) is 0 Å². The van der Waals surface area contributed by atoms with E-state index in [9.17, 15) is 13.6 Å². The number of carbonyl (C=O) groups is 1. The van der Waals surface area contributed by atoms with Gasteiger partial charge in [-0.3, -0.25) is 0 Å². The molecule has 2 aromatic carbocycles. The number of rotatable bonds is 3. The van der Waals surface area contributed by atoms with Crippen molar-refractivity contribution in [1.82, 2.24) is 0 Å². The maximum Gasteiger partial charge on any atom is 0.338 e. The van der Waals surface area contributed by atoms with Gasteiger partial charge in [-0.25, -0.2) is 13.6 Å². The third-order valence-electron chi connectivity index (χ3n) is 2.57. The van der Waals surface area contributed by atoms with Crippen molar-refractivity contribution in [3.05, 3.63) is 52.0 Å². The molecule has 20 heavy (non-hydrogen) atoms. The number of anilines is 3. The molecular weight excluding hydrogens is 334 g/mol. The molecule has 0 heterocycles. The summed E-state index contributed by atoms with van der Waals surface area (Å²) in [6.45, 7) is 0. The van der Waals surface area contributed by atoms with Crippen LogP contribution in [0.4, 0.5) is 25.8 Å². The zero-order chi connectivity index (χ0) is 14.9. The van der Waals surface area contributed by atoms with Crippen LogP contribution < -0.4 is 11.1 Å². The molecule has 0 aliphatic heterocycles. The first-order valence-corrected chi connectivity index (χ1v) is 6.22. The molecule has 104 valence electrons. The number of hydrogen-bond donors (Lipinski definition) is 3. The van der Waals surface area contributed by atoms with Gasteiger partial charge in [0.1, 0.15) is 11.6 Å². The standard InChI is InChI=1S/C13H9BrF2N2O2/c14-6-1-2-8(15)11(3-6)18-12-5-9(16)7(13(19)20)4-10(12)17/h1-5,18H,17H2,(H,19,20). The second-order valence-electron chi connectivity index (χ2n) is 3.97. The summed E-state index contributed by atoms with van der Waals surface area (Å²) in [5.74, 6) is -2.92. The molecule has 0 saturated heterocycles. The first-order chi connectivity index (χ1) is 9.38. The lowest BCUT2D eigenvalue weighted by molar-refractivity contribution is 0.0692. The van der Waals surface area contributed by atoms with Gasteiger partial charge < -0.3 is 16.2 Å².